The van der Waals surface area contributed by atoms with Gasteiger partial charge in [-0.25, -0.2) is 0 Å². The zero-order chi connectivity index (χ0) is 11.5. The Morgan fingerprint density at radius 2 is 2.12 bits per heavy atom. The van der Waals surface area contributed by atoms with Crippen molar-refractivity contribution < 1.29 is 4.42 Å². The van der Waals surface area contributed by atoms with Gasteiger partial charge in [-0.15, -0.1) is 11.6 Å². The summed E-state index contributed by atoms with van der Waals surface area (Å²) in [5.74, 6) is 0.983. The first kappa shape index (κ1) is 11.8. The number of halogens is 2. The molecule has 16 heavy (non-hydrogen) atoms. The van der Waals surface area contributed by atoms with Crippen LogP contribution >= 0.6 is 23.2 Å². The fraction of sp³-hybridized carbons (Fsp3) is 0.385. The maximum absolute atomic E-state index is 6.08. The Labute approximate surface area is 105 Å². The second-order valence-corrected chi connectivity index (χ2v) is 4.99. The number of alkyl halides is 1. The summed E-state index contributed by atoms with van der Waals surface area (Å²) in [5, 5.41) is 2.03. The quantitative estimate of drug-likeness (QED) is 0.699. The standard InChI is InChI=1S/C13H14Cl2O/c1-2-10(14)3-5-12-8-9-7-11(15)4-6-13(9)16-12/h4,6-8,10H,2-3,5H2,1H3. The molecular weight excluding hydrogens is 243 g/mol. The van der Waals surface area contributed by atoms with Crippen LogP contribution in [0.25, 0.3) is 11.0 Å². The number of hydrogen-bond donors (Lipinski definition) is 0. The Morgan fingerprint density at radius 1 is 1.31 bits per heavy atom. The highest BCUT2D eigenvalue weighted by molar-refractivity contribution is 6.31. The molecule has 1 atom stereocenters. The van der Waals surface area contributed by atoms with Crippen molar-refractivity contribution in [1.29, 1.82) is 0 Å². The van der Waals surface area contributed by atoms with Crippen LogP contribution in [0.1, 0.15) is 25.5 Å². The molecule has 1 aromatic heterocycles. The number of aryl methyl sites for hydroxylation is 1. The second-order valence-electron chi connectivity index (χ2n) is 3.94. The van der Waals surface area contributed by atoms with E-state index < -0.39 is 0 Å². The maximum atomic E-state index is 6.08. The minimum Gasteiger partial charge on any atom is -0.461 e. The van der Waals surface area contributed by atoms with Gasteiger partial charge in [0.1, 0.15) is 11.3 Å². The highest BCUT2D eigenvalue weighted by Crippen LogP contribution is 2.24. The van der Waals surface area contributed by atoms with Gasteiger partial charge < -0.3 is 4.42 Å². The van der Waals surface area contributed by atoms with Crippen LogP contribution in [-0.4, -0.2) is 5.38 Å². The van der Waals surface area contributed by atoms with Crippen molar-refractivity contribution in [3.8, 4) is 0 Å². The molecule has 0 fully saturated rings. The summed E-state index contributed by atoms with van der Waals surface area (Å²) in [6.07, 6.45) is 2.83. The van der Waals surface area contributed by atoms with Gasteiger partial charge in [0.05, 0.1) is 0 Å². The van der Waals surface area contributed by atoms with Crippen molar-refractivity contribution in [2.24, 2.45) is 0 Å². The van der Waals surface area contributed by atoms with Gasteiger partial charge in [-0.3, -0.25) is 0 Å². The van der Waals surface area contributed by atoms with E-state index in [1.165, 1.54) is 0 Å². The Kier molecular flexibility index (Phi) is 3.78. The van der Waals surface area contributed by atoms with E-state index in [2.05, 4.69) is 6.92 Å². The van der Waals surface area contributed by atoms with Crippen LogP contribution in [0.4, 0.5) is 0 Å². The molecule has 1 nitrogen and oxygen atoms in total. The van der Waals surface area contributed by atoms with Crippen molar-refractivity contribution in [1.82, 2.24) is 0 Å². The minimum atomic E-state index is 0.233. The molecule has 1 unspecified atom stereocenters. The molecule has 0 aliphatic carbocycles. The van der Waals surface area contributed by atoms with E-state index in [0.717, 1.165) is 41.0 Å². The molecule has 2 aromatic rings. The normalized spacial score (nSPS) is 13.2. The second kappa shape index (κ2) is 5.11. The first-order chi connectivity index (χ1) is 7.69. The van der Waals surface area contributed by atoms with Crippen molar-refractivity contribution in [3.63, 3.8) is 0 Å². The predicted molar refractivity (Wildman–Crippen MR) is 69.5 cm³/mol. The predicted octanol–water partition coefficient (Wildman–Crippen LogP) is 5.04. The van der Waals surface area contributed by atoms with Crippen LogP contribution in [0.15, 0.2) is 28.7 Å². The topological polar surface area (TPSA) is 13.1 Å². The van der Waals surface area contributed by atoms with Crippen LogP contribution in [0.5, 0.6) is 0 Å². The van der Waals surface area contributed by atoms with E-state index in [9.17, 15) is 0 Å². The van der Waals surface area contributed by atoms with Crippen LogP contribution in [-0.2, 0) is 6.42 Å². The van der Waals surface area contributed by atoms with Gasteiger partial charge in [-0.2, -0.15) is 0 Å². The zero-order valence-corrected chi connectivity index (χ0v) is 10.7. The van der Waals surface area contributed by atoms with Gasteiger partial charge in [0.2, 0.25) is 0 Å². The van der Waals surface area contributed by atoms with Gasteiger partial charge in [0, 0.05) is 22.2 Å². The molecule has 2 rings (SSSR count). The van der Waals surface area contributed by atoms with Crippen LogP contribution in [0, 0.1) is 0 Å². The molecule has 0 amide bonds. The first-order valence-electron chi connectivity index (χ1n) is 5.51. The number of benzene rings is 1. The summed E-state index contributed by atoms with van der Waals surface area (Å²) in [5.41, 5.74) is 0.891. The third kappa shape index (κ3) is 2.72. The fourth-order valence-electron chi connectivity index (χ4n) is 1.70. The molecule has 0 aliphatic rings. The lowest BCUT2D eigenvalue weighted by atomic mass is 10.1. The first-order valence-corrected chi connectivity index (χ1v) is 6.32. The van der Waals surface area contributed by atoms with Crippen LogP contribution in [0.3, 0.4) is 0 Å². The monoisotopic (exact) mass is 256 g/mol. The van der Waals surface area contributed by atoms with E-state index in [-0.39, 0.29) is 5.38 Å². The minimum absolute atomic E-state index is 0.233. The molecule has 86 valence electrons. The molecule has 0 radical (unpaired) electrons. The molecule has 1 aromatic carbocycles. The third-order valence-electron chi connectivity index (χ3n) is 2.68. The van der Waals surface area contributed by atoms with Crippen molar-refractivity contribution in [2.45, 2.75) is 31.6 Å². The average molecular weight is 257 g/mol. The third-order valence-corrected chi connectivity index (χ3v) is 3.44. The molecule has 0 bridgehead atoms. The summed E-state index contributed by atoms with van der Waals surface area (Å²) in [4.78, 5) is 0. The van der Waals surface area contributed by atoms with E-state index >= 15 is 0 Å². The summed E-state index contributed by atoms with van der Waals surface area (Å²) in [6.45, 7) is 2.09. The van der Waals surface area contributed by atoms with Crippen LogP contribution < -0.4 is 0 Å². The lowest BCUT2D eigenvalue weighted by molar-refractivity contribution is 0.532. The average Bonchev–Trinajstić information content (AvgIpc) is 2.67. The van der Waals surface area contributed by atoms with Gasteiger partial charge >= 0.3 is 0 Å². The zero-order valence-electron chi connectivity index (χ0n) is 9.17. The molecular formula is C13H14Cl2O. The smallest absolute Gasteiger partial charge is 0.134 e. The maximum Gasteiger partial charge on any atom is 0.134 e. The highest BCUT2D eigenvalue weighted by Gasteiger charge is 2.07. The molecule has 0 aliphatic heterocycles. The number of fused-ring (bicyclic) bond motifs is 1. The number of rotatable bonds is 4. The largest absolute Gasteiger partial charge is 0.461 e. The Morgan fingerprint density at radius 3 is 2.88 bits per heavy atom. The molecule has 0 saturated heterocycles. The SMILES string of the molecule is CCC(Cl)CCc1cc2cc(Cl)ccc2o1. The van der Waals surface area contributed by atoms with Crippen molar-refractivity contribution in [2.75, 3.05) is 0 Å². The van der Waals surface area contributed by atoms with E-state index in [4.69, 9.17) is 27.6 Å². The Balaban J connectivity index is 2.13. The molecule has 1 heterocycles. The van der Waals surface area contributed by atoms with Gasteiger partial charge in [-0.05, 0) is 37.1 Å². The molecule has 0 spiro atoms. The molecule has 0 saturated carbocycles. The summed E-state index contributed by atoms with van der Waals surface area (Å²) >= 11 is 12.0. The van der Waals surface area contributed by atoms with Gasteiger partial charge in [0.25, 0.3) is 0 Å². The lowest BCUT2D eigenvalue weighted by Crippen LogP contribution is -1.97. The van der Waals surface area contributed by atoms with Crippen molar-refractivity contribution >= 4 is 34.2 Å². The summed E-state index contributed by atoms with van der Waals surface area (Å²) < 4.78 is 5.70. The van der Waals surface area contributed by atoms with Crippen LogP contribution in [0.2, 0.25) is 5.02 Å². The number of furan rings is 1. The van der Waals surface area contributed by atoms with E-state index in [0.29, 0.717) is 0 Å². The summed E-state index contributed by atoms with van der Waals surface area (Å²) in [7, 11) is 0. The lowest BCUT2D eigenvalue weighted by Gasteiger charge is -2.02. The number of hydrogen-bond acceptors (Lipinski definition) is 1. The highest BCUT2D eigenvalue weighted by atomic mass is 35.5. The molecule has 0 N–H and O–H groups in total. The van der Waals surface area contributed by atoms with E-state index in [1.807, 2.05) is 24.3 Å². The Bertz CT molecular complexity index is 476. The van der Waals surface area contributed by atoms with Crippen molar-refractivity contribution in [3.05, 3.63) is 35.0 Å². The fourth-order valence-corrected chi connectivity index (χ4v) is 1.99. The Hall–Kier alpha value is -0.660. The van der Waals surface area contributed by atoms with E-state index in [1.54, 1.807) is 0 Å². The molecule has 3 heteroatoms. The van der Waals surface area contributed by atoms with Gasteiger partial charge in [-0.1, -0.05) is 18.5 Å². The van der Waals surface area contributed by atoms with Gasteiger partial charge in [0.15, 0.2) is 0 Å². The summed E-state index contributed by atoms with van der Waals surface area (Å²) in [6, 6.07) is 7.70.